The van der Waals surface area contributed by atoms with E-state index < -0.39 is 0 Å². The van der Waals surface area contributed by atoms with E-state index in [0.717, 1.165) is 23.8 Å². The maximum absolute atomic E-state index is 3.80. The van der Waals surface area contributed by atoms with E-state index >= 15 is 0 Å². The Morgan fingerprint density at radius 3 is 2.44 bits per heavy atom. The quantitative estimate of drug-likeness (QED) is 0.749. The van der Waals surface area contributed by atoms with Gasteiger partial charge in [-0.05, 0) is 63.6 Å². The number of hydrogen-bond donors (Lipinski definition) is 1. The number of nitrogens with zero attached hydrogens (tertiary/aromatic N) is 1. The lowest BCUT2D eigenvalue weighted by Crippen LogP contribution is -2.48. The summed E-state index contributed by atoms with van der Waals surface area (Å²) in [6.45, 7) is 13.1. The topological polar surface area (TPSA) is 15.3 Å². The predicted molar refractivity (Wildman–Crippen MR) is 80.9 cm³/mol. The molecule has 0 aromatic carbocycles. The molecular formula is C16H34N2. The highest BCUT2D eigenvalue weighted by atomic mass is 15.1. The minimum Gasteiger partial charge on any atom is -0.314 e. The van der Waals surface area contributed by atoms with E-state index in [4.69, 9.17) is 0 Å². The fourth-order valence-electron chi connectivity index (χ4n) is 3.62. The van der Waals surface area contributed by atoms with Crippen LogP contribution in [0.15, 0.2) is 0 Å². The largest absolute Gasteiger partial charge is 0.314 e. The highest BCUT2D eigenvalue weighted by Crippen LogP contribution is 2.34. The normalized spacial score (nSPS) is 33.0. The van der Waals surface area contributed by atoms with E-state index in [9.17, 15) is 0 Å². The molecule has 4 unspecified atom stereocenters. The van der Waals surface area contributed by atoms with Gasteiger partial charge in [0.05, 0.1) is 0 Å². The Morgan fingerprint density at radius 1 is 1.11 bits per heavy atom. The Kier molecular flexibility index (Phi) is 7.25. The highest BCUT2D eigenvalue weighted by molar-refractivity contribution is 4.88. The number of hydrogen-bond acceptors (Lipinski definition) is 2. The standard InChI is InChI=1S/C16H34N2/c1-6-8-17-16-11-13(3)10-14(4)15(16)12-18(5)9-7-2/h13-17H,6-12H2,1-5H3. The maximum atomic E-state index is 3.80. The molecule has 0 aromatic heterocycles. The van der Waals surface area contributed by atoms with E-state index in [1.54, 1.807) is 0 Å². The summed E-state index contributed by atoms with van der Waals surface area (Å²) in [5.41, 5.74) is 0. The van der Waals surface area contributed by atoms with Crippen LogP contribution in [0.1, 0.15) is 53.4 Å². The van der Waals surface area contributed by atoms with Gasteiger partial charge in [0.2, 0.25) is 0 Å². The molecule has 1 fully saturated rings. The van der Waals surface area contributed by atoms with Gasteiger partial charge in [-0.1, -0.05) is 27.7 Å². The molecule has 0 spiro atoms. The zero-order valence-electron chi connectivity index (χ0n) is 13.2. The van der Waals surface area contributed by atoms with Gasteiger partial charge in [0, 0.05) is 12.6 Å². The van der Waals surface area contributed by atoms with Gasteiger partial charge in [0.25, 0.3) is 0 Å². The van der Waals surface area contributed by atoms with Crippen molar-refractivity contribution in [2.45, 2.75) is 59.4 Å². The average Bonchev–Trinajstić information content (AvgIpc) is 2.30. The molecule has 1 rings (SSSR count). The van der Waals surface area contributed by atoms with Gasteiger partial charge in [-0.25, -0.2) is 0 Å². The van der Waals surface area contributed by atoms with Crippen molar-refractivity contribution < 1.29 is 0 Å². The number of nitrogens with one attached hydrogen (secondary N) is 1. The van der Waals surface area contributed by atoms with Gasteiger partial charge in [-0.15, -0.1) is 0 Å². The molecule has 2 nitrogen and oxygen atoms in total. The second-order valence-corrected chi connectivity index (χ2v) is 6.54. The first kappa shape index (κ1) is 16.0. The van der Waals surface area contributed by atoms with Crippen LogP contribution in [0.4, 0.5) is 0 Å². The van der Waals surface area contributed by atoms with Crippen LogP contribution in [0.2, 0.25) is 0 Å². The Bertz CT molecular complexity index is 217. The summed E-state index contributed by atoms with van der Waals surface area (Å²) in [5.74, 6) is 2.59. The molecule has 0 amide bonds. The first-order valence-electron chi connectivity index (χ1n) is 8.00. The van der Waals surface area contributed by atoms with Crippen LogP contribution < -0.4 is 5.32 Å². The Balaban J connectivity index is 2.56. The summed E-state index contributed by atoms with van der Waals surface area (Å²) in [7, 11) is 2.28. The van der Waals surface area contributed by atoms with Gasteiger partial charge in [0.1, 0.15) is 0 Å². The summed E-state index contributed by atoms with van der Waals surface area (Å²) in [6, 6.07) is 0.739. The average molecular weight is 254 g/mol. The third-order valence-electron chi connectivity index (χ3n) is 4.46. The molecule has 1 aliphatic rings. The van der Waals surface area contributed by atoms with Crippen molar-refractivity contribution in [3.8, 4) is 0 Å². The van der Waals surface area contributed by atoms with Crippen molar-refractivity contribution in [3.63, 3.8) is 0 Å². The van der Waals surface area contributed by atoms with Gasteiger partial charge in [-0.3, -0.25) is 0 Å². The monoisotopic (exact) mass is 254 g/mol. The fourth-order valence-corrected chi connectivity index (χ4v) is 3.62. The van der Waals surface area contributed by atoms with Crippen LogP contribution in [0, 0.1) is 17.8 Å². The molecule has 18 heavy (non-hydrogen) atoms. The summed E-state index contributed by atoms with van der Waals surface area (Å²) in [6.07, 6.45) is 5.29. The molecular weight excluding hydrogens is 220 g/mol. The molecule has 0 bridgehead atoms. The van der Waals surface area contributed by atoms with E-state index in [2.05, 4.69) is 45.0 Å². The minimum atomic E-state index is 0.739. The molecule has 0 aliphatic heterocycles. The van der Waals surface area contributed by atoms with Gasteiger partial charge in [-0.2, -0.15) is 0 Å². The highest BCUT2D eigenvalue weighted by Gasteiger charge is 2.33. The van der Waals surface area contributed by atoms with E-state index in [0.29, 0.717) is 0 Å². The zero-order chi connectivity index (χ0) is 13.5. The Labute approximate surface area is 115 Å². The smallest absolute Gasteiger partial charge is 0.0113 e. The number of rotatable bonds is 7. The van der Waals surface area contributed by atoms with Crippen LogP contribution in [-0.2, 0) is 0 Å². The van der Waals surface area contributed by atoms with E-state index in [1.807, 2.05) is 0 Å². The molecule has 0 aromatic rings. The van der Waals surface area contributed by atoms with Gasteiger partial charge < -0.3 is 10.2 Å². The summed E-state index contributed by atoms with van der Waals surface area (Å²) < 4.78 is 0. The molecule has 1 N–H and O–H groups in total. The zero-order valence-corrected chi connectivity index (χ0v) is 13.2. The van der Waals surface area contributed by atoms with Crippen LogP contribution in [-0.4, -0.2) is 37.6 Å². The molecule has 4 atom stereocenters. The third-order valence-corrected chi connectivity index (χ3v) is 4.46. The molecule has 1 aliphatic carbocycles. The second-order valence-electron chi connectivity index (χ2n) is 6.54. The molecule has 0 radical (unpaired) electrons. The van der Waals surface area contributed by atoms with Crippen molar-refractivity contribution in [1.82, 2.24) is 10.2 Å². The van der Waals surface area contributed by atoms with Crippen LogP contribution in [0.25, 0.3) is 0 Å². The van der Waals surface area contributed by atoms with Crippen LogP contribution >= 0.6 is 0 Å². The van der Waals surface area contributed by atoms with Gasteiger partial charge in [0.15, 0.2) is 0 Å². The summed E-state index contributed by atoms with van der Waals surface area (Å²) in [5, 5.41) is 3.80. The lowest BCUT2D eigenvalue weighted by Gasteiger charge is -2.42. The van der Waals surface area contributed by atoms with Crippen molar-refractivity contribution in [3.05, 3.63) is 0 Å². The maximum Gasteiger partial charge on any atom is 0.0113 e. The molecule has 0 saturated heterocycles. The predicted octanol–water partition coefficient (Wildman–Crippen LogP) is 3.38. The summed E-state index contributed by atoms with van der Waals surface area (Å²) >= 11 is 0. The fraction of sp³-hybridized carbons (Fsp3) is 1.00. The molecule has 1 saturated carbocycles. The van der Waals surface area contributed by atoms with E-state index in [1.165, 1.54) is 45.3 Å². The molecule has 2 heteroatoms. The van der Waals surface area contributed by atoms with Crippen LogP contribution in [0.3, 0.4) is 0 Å². The van der Waals surface area contributed by atoms with Gasteiger partial charge >= 0.3 is 0 Å². The minimum absolute atomic E-state index is 0.739. The lowest BCUT2D eigenvalue weighted by molar-refractivity contribution is 0.111. The SMILES string of the molecule is CCCNC1CC(C)CC(C)C1CN(C)CCC. The van der Waals surface area contributed by atoms with Crippen molar-refractivity contribution in [1.29, 1.82) is 0 Å². The van der Waals surface area contributed by atoms with Crippen molar-refractivity contribution in [2.24, 2.45) is 17.8 Å². The third kappa shape index (κ3) is 4.89. The van der Waals surface area contributed by atoms with Crippen LogP contribution in [0.5, 0.6) is 0 Å². The Morgan fingerprint density at radius 2 is 1.83 bits per heavy atom. The first-order valence-corrected chi connectivity index (χ1v) is 8.00. The lowest BCUT2D eigenvalue weighted by atomic mass is 9.72. The molecule has 108 valence electrons. The first-order chi connectivity index (χ1) is 8.58. The molecule has 0 heterocycles. The second kappa shape index (κ2) is 8.16. The van der Waals surface area contributed by atoms with Crippen molar-refractivity contribution >= 4 is 0 Å². The van der Waals surface area contributed by atoms with E-state index in [-0.39, 0.29) is 0 Å². The summed E-state index contributed by atoms with van der Waals surface area (Å²) in [4.78, 5) is 2.53. The Hall–Kier alpha value is -0.0800. The van der Waals surface area contributed by atoms with Crippen molar-refractivity contribution in [2.75, 3.05) is 26.7 Å².